The van der Waals surface area contributed by atoms with Crippen molar-refractivity contribution in [1.29, 1.82) is 0 Å². The minimum absolute atomic E-state index is 0.229. The summed E-state index contributed by atoms with van der Waals surface area (Å²) in [6.07, 6.45) is 5.01. The van der Waals surface area contributed by atoms with Crippen molar-refractivity contribution >= 4 is 19.7 Å². The van der Waals surface area contributed by atoms with Gasteiger partial charge in [-0.15, -0.1) is 0 Å². The molecular formula is C14H24ClN3O2S. The van der Waals surface area contributed by atoms with Gasteiger partial charge in [-0.2, -0.15) is 5.10 Å². The van der Waals surface area contributed by atoms with Gasteiger partial charge in [0.2, 0.25) is 0 Å². The van der Waals surface area contributed by atoms with Crippen LogP contribution in [0.5, 0.6) is 0 Å². The SMILES string of the molecule is CCc1nn(CCN2CCCCC2)c(CC)c1S(=O)(=O)Cl. The van der Waals surface area contributed by atoms with Gasteiger partial charge < -0.3 is 4.90 Å². The Morgan fingerprint density at radius 2 is 1.76 bits per heavy atom. The number of nitrogens with zero attached hydrogens (tertiary/aromatic N) is 3. The molecular weight excluding hydrogens is 310 g/mol. The van der Waals surface area contributed by atoms with Crippen LogP contribution in [0.25, 0.3) is 0 Å². The van der Waals surface area contributed by atoms with Crippen LogP contribution in [0.4, 0.5) is 0 Å². The van der Waals surface area contributed by atoms with Gasteiger partial charge in [-0.3, -0.25) is 4.68 Å². The number of hydrogen-bond donors (Lipinski definition) is 0. The third kappa shape index (κ3) is 3.99. The Bertz CT molecular complexity index is 577. The first kappa shape index (κ1) is 16.8. The first-order valence-corrected chi connectivity index (χ1v) is 10.0. The molecule has 0 N–H and O–H groups in total. The summed E-state index contributed by atoms with van der Waals surface area (Å²) >= 11 is 0. The number of piperidine rings is 1. The van der Waals surface area contributed by atoms with Crippen LogP contribution in [-0.2, 0) is 28.4 Å². The van der Waals surface area contributed by atoms with Crippen molar-refractivity contribution in [2.75, 3.05) is 19.6 Å². The lowest BCUT2D eigenvalue weighted by atomic mass is 10.1. The van der Waals surface area contributed by atoms with Crippen molar-refractivity contribution < 1.29 is 8.42 Å². The zero-order valence-corrected chi connectivity index (χ0v) is 14.4. The van der Waals surface area contributed by atoms with Gasteiger partial charge in [0.15, 0.2) is 0 Å². The normalized spacial score (nSPS) is 17.3. The van der Waals surface area contributed by atoms with Crippen molar-refractivity contribution in [2.24, 2.45) is 0 Å². The van der Waals surface area contributed by atoms with Crippen LogP contribution in [0.2, 0.25) is 0 Å². The van der Waals surface area contributed by atoms with Gasteiger partial charge in [0.1, 0.15) is 4.90 Å². The van der Waals surface area contributed by atoms with Gasteiger partial charge >= 0.3 is 0 Å². The van der Waals surface area contributed by atoms with Crippen LogP contribution in [0.3, 0.4) is 0 Å². The zero-order chi connectivity index (χ0) is 15.5. The molecule has 0 saturated carbocycles. The highest BCUT2D eigenvalue weighted by Gasteiger charge is 2.25. The first-order chi connectivity index (χ1) is 9.97. The molecule has 0 amide bonds. The summed E-state index contributed by atoms with van der Waals surface area (Å²) in [5.74, 6) is 0. The summed E-state index contributed by atoms with van der Waals surface area (Å²) in [5, 5.41) is 4.48. The molecule has 2 heterocycles. The van der Waals surface area contributed by atoms with Gasteiger partial charge in [0, 0.05) is 17.2 Å². The average Bonchev–Trinajstić information content (AvgIpc) is 2.84. The van der Waals surface area contributed by atoms with E-state index in [1.54, 1.807) is 0 Å². The lowest BCUT2D eigenvalue weighted by Gasteiger charge is -2.26. The standard InChI is InChI=1S/C14H24ClN3O2S/c1-3-12-14(21(15,19)20)13(4-2)18(16-12)11-10-17-8-6-5-7-9-17/h3-11H2,1-2H3. The highest BCUT2D eigenvalue weighted by molar-refractivity contribution is 8.13. The van der Waals surface area contributed by atoms with E-state index in [1.807, 2.05) is 18.5 Å². The monoisotopic (exact) mass is 333 g/mol. The van der Waals surface area contributed by atoms with Crippen LogP contribution in [0, 0.1) is 0 Å². The molecule has 1 aromatic heterocycles. The Kier molecular flexibility index (Phi) is 5.68. The lowest BCUT2D eigenvalue weighted by Crippen LogP contribution is -2.33. The summed E-state index contributed by atoms with van der Waals surface area (Å²) in [4.78, 5) is 2.65. The van der Waals surface area contributed by atoms with E-state index in [0.29, 0.717) is 18.5 Å². The van der Waals surface area contributed by atoms with E-state index in [4.69, 9.17) is 10.7 Å². The van der Waals surface area contributed by atoms with Gasteiger partial charge in [-0.05, 0) is 38.8 Å². The maximum Gasteiger partial charge on any atom is 0.264 e. The van der Waals surface area contributed by atoms with Gasteiger partial charge in [0.05, 0.1) is 17.9 Å². The zero-order valence-electron chi connectivity index (χ0n) is 12.8. The molecule has 1 fully saturated rings. The van der Waals surface area contributed by atoms with E-state index >= 15 is 0 Å². The Balaban J connectivity index is 2.21. The highest BCUT2D eigenvalue weighted by Crippen LogP contribution is 2.25. The largest absolute Gasteiger partial charge is 0.301 e. The molecule has 0 radical (unpaired) electrons. The molecule has 5 nitrogen and oxygen atoms in total. The van der Waals surface area contributed by atoms with E-state index in [-0.39, 0.29) is 4.90 Å². The number of aryl methyl sites for hydroxylation is 1. The Morgan fingerprint density at radius 1 is 1.10 bits per heavy atom. The van der Waals surface area contributed by atoms with Crippen LogP contribution >= 0.6 is 10.7 Å². The summed E-state index contributed by atoms with van der Waals surface area (Å²) in [7, 11) is 1.86. The maximum absolute atomic E-state index is 11.8. The molecule has 1 aliphatic heterocycles. The minimum atomic E-state index is -3.74. The second-order valence-corrected chi connectivity index (χ2v) is 8.00. The molecule has 0 bridgehead atoms. The maximum atomic E-state index is 11.8. The Morgan fingerprint density at radius 3 is 2.29 bits per heavy atom. The van der Waals surface area contributed by atoms with E-state index < -0.39 is 9.05 Å². The topological polar surface area (TPSA) is 55.2 Å². The second kappa shape index (κ2) is 7.11. The molecule has 1 aromatic rings. The molecule has 0 unspecified atom stereocenters. The van der Waals surface area contributed by atoms with Crippen molar-refractivity contribution in [3.05, 3.63) is 11.4 Å². The molecule has 1 aliphatic rings. The molecule has 0 spiro atoms. The van der Waals surface area contributed by atoms with Crippen molar-refractivity contribution in [2.45, 2.75) is 57.4 Å². The summed E-state index contributed by atoms with van der Waals surface area (Å²) in [6.45, 7) is 7.75. The molecule has 2 rings (SSSR count). The quantitative estimate of drug-likeness (QED) is 0.750. The summed E-state index contributed by atoms with van der Waals surface area (Å²) < 4.78 is 25.5. The summed E-state index contributed by atoms with van der Waals surface area (Å²) in [5.41, 5.74) is 1.32. The molecule has 7 heteroatoms. The molecule has 21 heavy (non-hydrogen) atoms. The molecule has 0 aliphatic carbocycles. The van der Waals surface area contributed by atoms with Crippen molar-refractivity contribution in [1.82, 2.24) is 14.7 Å². The molecule has 1 saturated heterocycles. The number of hydrogen-bond acceptors (Lipinski definition) is 4. The number of likely N-dealkylation sites (tertiary alicyclic amines) is 1. The van der Waals surface area contributed by atoms with Gasteiger partial charge in [0.25, 0.3) is 9.05 Å². The van der Waals surface area contributed by atoms with E-state index in [9.17, 15) is 8.42 Å². The lowest BCUT2D eigenvalue weighted by molar-refractivity contribution is 0.217. The van der Waals surface area contributed by atoms with E-state index in [0.717, 1.165) is 31.9 Å². The predicted molar refractivity (Wildman–Crippen MR) is 84.3 cm³/mol. The highest BCUT2D eigenvalue weighted by atomic mass is 35.7. The van der Waals surface area contributed by atoms with Gasteiger partial charge in [-0.25, -0.2) is 8.42 Å². The van der Waals surface area contributed by atoms with Crippen LogP contribution < -0.4 is 0 Å². The Hall–Kier alpha value is -0.590. The fourth-order valence-corrected chi connectivity index (χ4v) is 4.53. The molecule has 0 aromatic carbocycles. The van der Waals surface area contributed by atoms with Gasteiger partial charge in [-0.1, -0.05) is 20.3 Å². The fourth-order valence-electron chi connectivity index (χ4n) is 3.00. The van der Waals surface area contributed by atoms with Crippen molar-refractivity contribution in [3.8, 4) is 0 Å². The smallest absolute Gasteiger partial charge is 0.264 e. The fraction of sp³-hybridized carbons (Fsp3) is 0.786. The van der Waals surface area contributed by atoms with Crippen LogP contribution in [0.1, 0.15) is 44.5 Å². The third-order valence-electron chi connectivity index (χ3n) is 4.07. The third-order valence-corrected chi connectivity index (χ3v) is 5.49. The number of rotatable bonds is 6. The van der Waals surface area contributed by atoms with E-state index in [1.165, 1.54) is 19.3 Å². The second-order valence-electron chi connectivity index (χ2n) is 5.49. The molecule has 0 atom stereocenters. The minimum Gasteiger partial charge on any atom is -0.301 e. The van der Waals surface area contributed by atoms with E-state index in [2.05, 4.69) is 10.00 Å². The first-order valence-electron chi connectivity index (χ1n) is 7.73. The average molecular weight is 334 g/mol. The Labute approximate surface area is 131 Å². The number of aromatic nitrogens is 2. The predicted octanol–water partition coefficient (Wildman–Crippen LogP) is 2.42. The van der Waals surface area contributed by atoms with Crippen LogP contribution in [-0.4, -0.2) is 42.7 Å². The summed E-state index contributed by atoms with van der Waals surface area (Å²) in [6, 6.07) is 0. The number of halogens is 1. The molecule has 120 valence electrons. The van der Waals surface area contributed by atoms with Crippen molar-refractivity contribution in [3.63, 3.8) is 0 Å². The van der Waals surface area contributed by atoms with Crippen LogP contribution in [0.15, 0.2) is 4.90 Å².